The molecule has 162 valence electrons. The first kappa shape index (κ1) is 22.1. The molecule has 2 N–H and O–H groups in total. The van der Waals surface area contributed by atoms with Crippen molar-refractivity contribution in [1.29, 1.82) is 0 Å². The number of sulfonamides is 1. The van der Waals surface area contributed by atoms with Gasteiger partial charge in [0, 0.05) is 19.0 Å². The molecule has 3 rings (SSSR count). The first-order chi connectivity index (χ1) is 13.9. The summed E-state index contributed by atoms with van der Waals surface area (Å²) in [5.74, 6) is 1.02. The van der Waals surface area contributed by atoms with Crippen LogP contribution in [0.5, 0.6) is 5.75 Å². The van der Waals surface area contributed by atoms with Gasteiger partial charge < -0.3 is 15.0 Å². The topological polar surface area (TPSA) is 80.2 Å². The van der Waals surface area contributed by atoms with Gasteiger partial charge in [0.15, 0.2) is 6.54 Å². The Morgan fingerprint density at radius 2 is 2.00 bits per heavy atom. The predicted molar refractivity (Wildman–Crippen MR) is 113 cm³/mol. The van der Waals surface area contributed by atoms with Gasteiger partial charge in [-0.2, -0.15) is 4.31 Å². The molecule has 2 saturated heterocycles. The number of nitrogens with zero attached hydrogens (tertiary/aromatic N) is 1. The number of benzene rings is 1. The van der Waals surface area contributed by atoms with Crippen molar-refractivity contribution in [3.63, 3.8) is 0 Å². The fourth-order valence-electron chi connectivity index (χ4n) is 4.28. The van der Waals surface area contributed by atoms with Crippen LogP contribution >= 0.6 is 0 Å². The van der Waals surface area contributed by atoms with Gasteiger partial charge in [-0.15, -0.1) is 0 Å². The lowest BCUT2D eigenvalue weighted by Crippen LogP contribution is -3.14. The van der Waals surface area contributed by atoms with Gasteiger partial charge in [-0.3, -0.25) is 4.79 Å². The third-order valence-corrected chi connectivity index (χ3v) is 7.65. The van der Waals surface area contributed by atoms with E-state index in [1.54, 1.807) is 18.2 Å². The number of amides is 1. The van der Waals surface area contributed by atoms with Crippen LogP contribution in [-0.2, 0) is 14.8 Å². The van der Waals surface area contributed by atoms with Crippen LogP contribution in [0.1, 0.15) is 46.0 Å². The van der Waals surface area contributed by atoms with Crippen molar-refractivity contribution in [2.75, 3.05) is 44.6 Å². The van der Waals surface area contributed by atoms with Crippen molar-refractivity contribution in [3.05, 3.63) is 18.2 Å². The maximum atomic E-state index is 13.0. The summed E-state index contributed by atoms with van der Waals surface area (Å²) in [6.07, 6.45) is 5.19. The lowest BCUT2D eigenvalue weighted by molar-refractivity contribution is -0.900. The van der Waals surface area contributed by atoms with Crippen LogP contribution in [0, 0.1) is 5.92 Å². The number of nitrogens with one attached hydrogen (secondary N) is 2. The van der Waals surface area contributed by atoms with E-state index in [9.17, 15) is 13.2 Å². The second-order valence-corrected chi connectivity index (χ2v) is 10.2. The molecule has 0 saturated carbocycles. The molecule has 2 heterocycles. The number of quaternary nitrogens is 1. The molecule has 0 aliphatic carbocycles. The zero-order valence-corrected chi connectivity index (χ0v) is 18.4. The number of carbonyl (C=O) groups excluding carboxylic acids is 1. The van der Waals surface area contributed by atoms with E-state index in [2.05, 4.69) is 12.2 Å². The van der Waals surface area contributed by atoms with Crippen molar-refractivity contribution in [1.82, 2.24) is 4.31 Å². The van der Waals surface area contributed by atoms with Crippen LogP contribution in [0.25, 0.3) is 0 Å². The molecule has 0 aromatic heterocycles. The standard InChI is InChI=1S/C21H33N3O4S/c1-3-28-20-10-9-18(29(26,27)24-12-5-4-6-13-24)14-19(20)22-21(25)16-23-11-7-8-17(2)15-23/h9-10,14,17H,3-8,11-13,15-16H2,1-2H3,(H,22,25)/p+1/t17-/m0/s1. The second-order valence-electron chi connectivity index (χ2n) is 8.23. The van der Waals surface area contributed by atoms with Crippen LogP contribution in [0.2, 0.25) is 0 Å². The van der Waals surface area contributed by atoms with E-state index in [1.165, 1.54) is 15.6 Å². The smallest absolute Gasteiger partial charge is 0.279 e. The van der Waals surface area contributed by atoms with E-state index in [0.29, 0.717) is 43.6 Å². The van der Waals surface area contributed by atoms with E-state index in [-0.39, 0.29) is 10.8 Å². The van der Waals surface area contributed by atoms with Gasteiger partial charge in [-0.1, -0.05) is 13.3 Å². The van der Waals surface area contributed by atoms with Crippen molar-refractivity contribution in [2.24, 2.45) is 5.92 Å². The second kappa shape index (κ2) is 9.91. The van der Waals surface area contributed by atoms with Crippen molar-refractivity contribution >= 4 is 21.6 Å². The van der Waals surface area contributed by atoms with Crippen LogP contribution in [-0.4, -0.2) is 58.0 Å². The maximum absolute atomic E-state index is 13.0. The number of ether oxygens (including phenoxy) is 1. The molecule has 2 atom stereocenters. The van der Waals surface area contributed by atoms with Crippen LogP contribution < -0.4 is 15.0 Å². The Labute approximate surface area is 174 Å². The Morgan fingerprint density at radius 1 is 1.24 bits per heavy atom. The zero-order valence-electron chi connectivity index (χ0n) is 17.6. The van der Waals surface area contributed by atoms with Gasteiger partial charge in [0.1, 0.15) is 5.75 Å². The van der Waals surface area contributed by atoms with Crippen molar-refractivity contribution in [2.45, 2.75) is 50.8 Å². The molecule has 1 aromatic carbocycles. The summed E-state index contributed by atoms with van der Waals surface area (Å²) in [5, 5.41) is 2.91. The van der Waals surface area contributed by atoms with Gasteiger partial charge >= 0.3 is 0 Å². The van der Waals surface area contributed by atoms with Gasteiger partial charge in [0.2, 0.25) is 10.0 Å². The molecule has 29 heavy (non-hydrogen) atoms. The zero-order chi connectivity index (χ0) is 20.9. The summed E-state index contributed by atoms with van der Waals surface area (Å²) >= 11 is 0. The molecule has 2 aliphatic heterocycles. The molecular weight excluding hydrogens is 390 g/mol. The molecule has 2 fully saturated rings. The fraction of sp³-hybridized carbons (Fsp3) is 0.667. The van der Waals surface area contributed by atoms with Gasteiger partial charge in [0.05, 0.1) is 30.3 Å². The number of hydrogen-bond acceptors (Lipinski definition) is 4. The van der Waals surface area contributed by atoms with Crippen LogP contribution in [0.4, 0.5) is 5.69 Å². The predicted octanol–water partition coefficient (Wildman–Crippen LogP) is 1.51. The Hall–Kier alpha value is -1.64. The quantitative estimate of drug-likeness (QED) is 0.695. The molecule has 7 nitrogen and oxygen atoms in total. The first-order valence-corrected chi connectivity index (χ1v) is 12.2. The summed E-state index contributed by atoms with van der Waals surface area (Å²) < 4.78 is 33.2. The molecular formula is C21H34N3O4S+. The number of anilines is 1. The minimum atomic E-state index is -3.57. The Bertz CT molecular complexity index is 806. The minimum absolute atomic E-state index is 0.109. The third kappa shape index (κ3) is 5.71. The fourth-order valence-corrected chi connectivity index (χ4v) is 5.83. The van der Waals surface area contributed by atoms with E-state index < -0.39 is 10.0 Å². The number of piperidine rings is 2. The van der Waals surface area contributed by atoms with Gasteiger partial charge in [-0.05, 0) is 50.8 Å². The van der Waals surface area contributed by atoms with Gasteiger partial charge in [0.25, 0.3) is 5.91 Å². The van der Waals surface area contributed by atoms with E-state index in [4.69, 9.17) is 4.74 Å². The number of likely N-dealkylation sites (tertiary alicyclic amines) is 1. The highest BCUT2D eigenvalue weighted by Gasteiger charge is 2.27. The number of rotatable bonds is 7. The average Bonchev–Trinajstić information content (AvgIpc) is 2.70. The van der Waals surface area contributed by atoms with E-state index in [0.717, 1.165) is 38.8 Å². The molecule has 0 bridgehead atoms. The monoisotopic (exact) mass is 424 g/mol. The molecule has 2 aliphatic rings. The molecule has 1 unspecified atom stereocenters. The molecule has 0 radical (unpaired) electrons. The minimum Gasteiger partial charge on any atom is -0.492 e. The Balaban J connectivity index is 1.76. The highest BCUT2D eigenvalue weighted by molar-refractivity contribution is 7.89. The van der Waals surface area contributed by atoms with Crippen LogP contribution in [0.15, 0.2) is 23.1 Å². The highest BCUT2D eigenvalue weighted by Crippen LogP contribution is 2.30. The summed E-state index contributed by atoms with van der Waals surface area (Å²) in [5.41, 5.74) is 0.430. The summed E-state index contributed by atoms with van der Waals surface area (Å²) in [7, 11) is -3.57. The normalized spacial score (nSPS) is 23.5. The summed E-state index contributed by atoms with van der Waals surface area (Å²) in [4.78, 5) is 14.1. The Kier molecular flexibility index (Phi) is 7.54. The largest absolute Gasteiger partial charge is 0.492 e. The third-order valence-electron chi connectivity index (χ3n) is 5.75. The van der Waals surface area contributed by atoms with E-state index in [1.807, 2.05) is 6.92 Å². The lowest BCUT2D eigenvalue weighted by Gasteiger charge is -2.27. The van der Waals surface area contributed by atoms with Crippen molar-refractivity contribution in [3.8, 4) is 5.75 Å². The Morgan fingerprint density at radius 3 is 2.69 bits per heavy atom. The summed E-state index contributed by atoms with van der Waals surface area (Å²) in [6.45, 7) is 8.01. The van der Waals surface area contributed by atoms with E-state index >= 15 is 0 Å². The van der Waals surface area contributed by atoms with Crippen LogP contribution in [0.3, 0.4) is 0 Å². The molecule has 1 amide bonds. The van der Waals surface area contributed by atoms with Gasteiger partial charge in [-0.25, -0.2) is 8.42 Å². The first-order valence-electron chi connectivity index (χ1n) is 10.8. The summed E-state index contributed by atoms with van der Waals surface area (Å²) in [6, 6.07) is 4.76. The average molecular weight is 425 g/mol. The molecule has 0 spiro atoms. The molecule has 1 aromatic rings. The number of hydrogen-bond donors (Lipinski definition) is 2. The maximum Gasteiger partial charge on any atom is 0.279 e. The number of carbonyl (C=O) groups is 1. The molecule has 8 heteroatoms. The highest BCUT2D eigenvalue weighted by atomic mass is 32.2. The van der Waals surface area contributed by atoms with Crippen molar-refractivity contribution < 1.29 is 22.8 Å². The SMILES string of the molecule is CCOc1ccc(S(=O)(=O)N2CCCCC2)cc1NC(=O)C[NH+]1CCC[C@H](C)C1. The lowest BCUT2D eigenvalue weighted by atomic mass is 10.0.